The molecule has 2 N–H and O–H groups in total. The van der Waals surface area contributed by atoms with Crippen LogP contribution in [0.15, 0.2) is 21.5 Å². The summed E-state index contributed by atoms with van der Waals surface area (Å²) >= 11 is 2.58. The summed E-state index contributed by atoms with van der Waals surface area (Å²) in [7, 11) is -4.31. The van der Waals surface area contributed by atoms with Gasteiger partial charge in [-0.1, -0.05) is 15.9 Å². The van der Waals surface area contributed by atoms with Gasteiger partial charge in [0.25, 0.3) is 0 Å². The average molecular weight is 412 g/mol. The first-order valence-corrected chi connectivity index (χ1v) is 8.62. The summed E-state index contributed by atoms with van der Waals surface area (Å²) in [5.74, 6) is -1.68. The van der Waals surface area contributed by atoms with E-state index < -0.39 is 45.1 Å². The van der Waals surface area contributed by atoms with Gasteiger partial charge in [-0.25, -0.2) is 17.5 Å². The first kappa shape index (κ1) is 18.7. The Bertz CT molecular complexity index is 607. The van der Waals surface area contributed by atoms with Crippen LogP contribution in [0.3, 0.4) is 0 Å². The second kappa shape index (κ2) is 7.27. The maximum atomic E-state index is 13.9. The minimum atomic E-state index is -4.46. The van der Waals surface area contributed by atoms with Gasteiger partial charge in [-0.2, -0.15) is 13.2 Å². The smallest absolute Gasteiger partial charge is 0.392 e. The molecular formula is C10H10BrF4NO3S2. The summed E-state index contributed by atoms with van der Waals surface area (Å²) < 4.78 is 75.4. The van der Waals surface area contributed by atoms with Crippen molar-refractivity contribution in [3.63, 3.8) is 0 Å². The van der Waals surface area contributed by atoms with Crippen LogP contribution in [0.25, 0.3) is 0 Å². The van der Waals surface area contributed by atoms with Crippen molar-refractivity contribution in [2.45, 2.75) is 17.0 Å². The molecule has 0 aromatic heterocycles. The first-order valence-electron chi connectivity index (χ1n) is 5.36. The molecule has 0 aliphatic heterocycles. The van der Waals surface area contributed by atoms with Crippen LogP contribution in [0.4, 0.5) is 17.6 Å². The summed E-state index contributed by atoms with van der Waals surface area (Å²) in [6, 6.07) is 2.17. The number of hydrogen-bond acceptors (Lipinski definition) is 4. The highest BCUT2D eigenvalue weighted by molar-refractivity contribution is 9.10. The van der Waals surface area contributed by atoms with E-state index >= 15 is 0 Å². The molecule has 21 heavy (non-hydrogen) atoms. The van der Waals surface area contributed by atoms with E-state index in [1.165, 1.54) is 6.07 Å². The topological polar surface area (TPSA) is 66.4 Å². The Morgan fingerprint density at radius 1 is 1.33 bits per heavy atom. The number of rotatable bonds is 6. The lowest BCUT2D eigenvalue weighted by Gasteiger charge is -2.11. The molecule has 120 valence electrons. The maximum Gasteiger partial charge on any atom is 0.441 e. The largest absolute Gasteiger partial charge is 0.441 e. The van der Waals surface area contributed by atoms with Gasteiger partial charge in [-0.3, -0.25) is 0 Å². The van der Waals surface area contributed by atoms with Crippen molar-refractivity contribution in [2.24, 2.45) is 0 Å². The van der Waals surface area contributed by atoms with Crippen molar-refractivity contribution >= 4 is 37.7 Å². The molecular weight excluding hydrogens is 402 g/mol. The number of benzene rings is 1. The van der Waals surface area contributed by atoms with Crippen molar-refractivity contribution < 1.29 is 31.1 Å². The fraction of sp³-hybridized carbons (Fsp3) is 0.400. The maximum absolute atomic E-state index is 13.9. The predicted octanol–water partition coefficient (Wildman–Crippen LogP) is 2.61. The average Bonchev–Trinajstić information content (AvgIpc) is 2.36. The van der Waals surface area contributed by atoms with Gasteiger partial charge < -0.3 is 5.11 Å². The minimum absolute atomic E-state index is 0.220. The standard InChI is InChI=1S/C10H10BrF4NO3S2/c11-7-3-6(5-17)9(12)8(4-7)21(18,19)16-1-2-20-10(13,14)15/h3-4,16-17H,1-2,5H2. The van der Waals surface area contributed by atoms with Gasteiger partial charge >= 0.3 is 5.51 Å². The number of aliphatic hydroxyl groups is 1. The fourth-order valence-corrected chi connectivity index (χ4v) is 3.75. The Kier molecular flexibility index (Phi) is 6.47. The van der Waals surface area contributed by atoms with Gasteiger partial charge in [0.05, 0.1) is 6.61 Å². The first-order chi connectivity index (χ1) is 9.57. The lowest BCUT2D eigenvalue weighted by molar-refractivity contribution is -0.0327. The monoisotopic (exact) mass is 411 g/mol. The number of hydrogen-bond donors (Lipinski definition) is 2. The van der Waals surface area contributed by atoms with Crippen molar-refractivity contribution in [1.82, 2.24) is 4.72 Å². The molecule has 0 aliphatic carbocycles. The van der Waals surface area contributed by atoms with Crippen LogP contribution < -0.4 is 4.72 Å². The van der Waals surface area contributed by atoms with E-state index in [0.29, 0.717) is 0 Å². The van der Waals surface area contributed by atoms with E-state index in [1.54, 1.807) is 0 Å². The Morgan fingerprint density at radius 3 is 2.48 bits per heavy atom. The Labute approximate surface area is 131 Å². The van der Waals surface area contributed by atoms with E-state index in [-0.39, 0.29) is 21.8 Å². The molecule has 0 atom stereocenters. The van der Waals surface area contributed by atoms with E-state index in [4.69, 9.17) is 5.11 Å². The lowest BCUT2D eigenvalue weighted by Crippen LogP contribution is -2.28. The van der Waals surface area contributed by atoms with Crippen molar-refractivity contribution in [3.8, 4) is 0 Å². The highest BCUT2D eigenvalue weighted by atomic mass is 79.9. The fourth-order valence-electron chi connectivity index (χ4n) is 1.35. The second-order valence-corrected chi connectivity index (χ2v) is 7.54. The zero-order chi connectivity index (χ0) is 16.3. The van der Waals surface area contributed by atoms with Crippen LogP contribution in [0, 0.1) is 5.82 Å². The normalized spacial score (nSPS) is 12.7. The zero-order valence-electron chi connectivity index (χ0n) is 10.2. The Hall–Kier alpha value is -0.360. The van der Waals surface area contributed by atoms with Crippen LogP contribution in [-0.2, 0) is 16.6 Å². The van der Waals surface area contributed by atoms with Gasteiger partial charge in [-0.15, -0.1) is 0 Å². The molecule has 0 bridgehead atoms. The predicted molar refractivity (Wildman–Crippen MR) is 73.7 cm³/mol. The minimum Gasteiger partial charge on any atom is -0.392 e. The number of aliphatic hydroxyl groups excluding tert-OH is 1. The lowest BCUT2D eigenvalue weighted by atomic mass is 10.2. The number of nitrogens with one attached hydrogen (secondary N) is 1. The van der Waals surface area contributed by atoms with Gasteiger partial charge in [-0.05, 0) is 23.9 Å². The molecule has 1 aromatic carbocycles. The van der Waals surface area contributed by atoms with E-state index in [2.05, 4.69) is 15.9 Å². The third-order valence-corrected chi connectivity index (χ3v) is 4.85. The van der Waals surface area contributed by atoms with Crippen molar-refractivity contribution in [1.29, 1.82) is 0 Å². The van der Waals surface area contributed by atoms with Crippen molar-refractivity contribution in [3.05, 3.63) is 28.0 Å². The molecule has 0 aliphatic rings. The summed E-state index contributed by atoms with van der Waals surface area (Å²) in [5.41, 5.74) is -4.70. The zero-order valence-corrected chi connectivity index (χ0v) is 13.5. The molecule has 11 heteroatoms. The van der Waals surface area contributed by atoms with Gasteiger partial charge in [0.15, 0.2) is 0 Å². The SMILES string of the molecule is O=S(=O)(NCCSC(F)(F)F)c1cc(Br)cc(CO)c1F. The Balaban J connectivity index is 2.86. The van der Waals surface area contributed by atoms with Crippen LogP contribution in [0.2, 0.25) is 0 Å². The molecule has 1 aromatic rings. The molecule has 0 amide bonds. The summed E-state index contributed by atoms with van der Waals surface area (Å²) in [4.78, 5) is -0.738. The molecule has 0 saturated carbocycles. The molecule has 0 spiro atoms. The number of thioether (sulfide) groups is 1. The quantitative estimate of drug-likeness (QED) is 0.557. The van der Waals surface area contributed by atoms with Gasteiger partial charge in [0, 0.05) is 22.3 Å². The van der Waals surface area contributed by atoms with Gasteiger partial charge in [0.1, 0.15) is 10.7 Å². The molecule has 0 fully saturated rings. The van der Waals surface area contributed by atoms with Gasteiger partial charge in [0.2, 0.25) is 10.0 Å². The Morgan fingerprint density at radius 2 is 1.95 bits per heavy atom. The summed E-state index contributed by atoms with van der Waals surface area (Å²) in [5, 5.41) is 8.93. The summed E-state index contributed by atoms with van der Waals surface area (Å²) in [6.07, 6.45) is 0. The third-order valence-electron chi connectivity index (χ3n) is 2.20. The molecule has 0 unspecified atom stereocenters. The van der Waals surface area contributed by atoms with Crippen LogP contribution in [0.5, 0.6) is 0 Å². The molecule has 4 nitrogen and oxygen atoms in total. The molecule has 1 rings (SSSR count). The third kappa shape index (κ3) is 5.74. The highest BCUT2D eigenvalue weighted by Gasteiger charge is 2.28. The van der Waals surface area contributed by atoms with E-state index in [0.717, 1.165) is 6.07 Å². The number of alkyl halides is 3. The number of halogens is 5. The van der Waals surface area contributed by atoms with E-state index in [9.17, 15) is 26.0 Å². The molecule has 0 radical (unpaired) electrons. The van der Waals surface area contributed by atoms with E-state index in [1.807, 2.05) is 4.72 Å². The highest BCUT2D eigenvalue weighted by Crippen LogP contribution is 2.29. The van der Waals surface area contributed by atoms with Crippen LogP contribution in [-0.4, -0.2) is 31.3 Å². The van der Waals surface area contributed by atoms with Crippen LogP contribution >= 0.6 is 27.7 Å². The van der Waals surface area contributed by atoms with Crippen LogP contribution in [0.1, 0.15) is 5.56 Å². The van der Waals surface area contributed by atoms with Crippen molar-refractivity contribution in [2.75, 3.05) is 12.3 Å². The molecule has 0 saturated heterocycles. The second-order valence-electron chi connectivity index (χ2n) is 3.73. The number of sulfonamides is 1. The summed E-state index contributed by atoms with van der Waals surface area (Å²) in [6.45, 7) is -1.22. The molecule has 0 heterocycles.